The second kappa shape index (κ2) is 2.23. The molecule has 1 atom stereocenters. The maximum atomic E-state index is 5.25. The van der Waals surface area contributed by atoms with Gasteiger partial charge in [0.05, 0.1) is 5.71 Å². The van der Waals surface area contributed by atoms with E-state index >= 15 is 0 Å². The molecule has 0 amide bonds. The van der Waals surface area contributed by atoms with Crippen LogP contribution in [0.25, 0.3) is 0 Å². The average Bonchev–Trinajstić information content (AvgIpc) is 2.44. The number of hydrazone groups is 1. The maximum Gasteiger partial charge on any atom is 0.0560 e. The van der Waals surface area contributed by atoms with Gasteiger partial charge >= 0.3 is 0 Å². The van der Waals surface area contributed by atoms with Gasteiger partial charge in [0.2, 0.25) is 0 Å². The predicted molar refractivity (Wildman–Crippen MR) is 40.8 cm³/mol. The maximum absolute atomic E-state index is 5.25. The van der Waals surface area contributed by atoms with E-state index in [-0.39, 0.29) is 0 Å². The highest BCUT2D eigenvalue weighted by molar-refractivity contribution is 5.91. The van der Waals surface area contributed by atoms with Gasteiger partial charge in [0.1, 0.15) is 0 Å². The lowest BCUT2D eigenvalue weighted by Crippen LogP contribution is -2.26. The summed E-state index contributed by atoms with van der Waals surface area (Å²) in [7, 11) is 0. The van der Waals surface area contributed by atoms with E-state index in [0.717, 1.165) is 6.42 Å². The van der Waals surface area contributed by atoms with E-state index in [0.29, 0.717) is 6.04 Å². The third-order valence-electron chi connectivity index (χ3n) is 2.57. The van der Waals surface area contributed by atoms with E-state index in [4.69, 9.17) is 5.84 Å². The van der Waals surface area contributed by atoms with E-state index in [2.05, 4.69) is 10.0 Å². The van der Waals surface area contributed by atoms with Crippen molar-refractivity contribution in [3.05, 3.63) is 0 Å². The van der Waals surface area contributed by atoms with E-state index < -0.39 is 0 Å². The molecule has 56 valence electrons. The van der Waals surface area contributed by atoms with Gasteiger partial charge in [0.25, 0.3) is 0 Å². The Hall–Kier alpha value is -0.570. The first-order valence-corrected chi connectivity index (χ1v) is 3.92. The summed E-state index contributed by atoms with van der Waals surface area (Å²) < 4.78 is 0. The first-order chi connectivity index (χ1) is 4.92. The third-order valence-corrected chi connectivity index (χ3v) is 2.57. The molecule has 2 rings (SSSR count). The standard InChI is InChI=1S/C7H13N3/c8-9-6-3-5-10-4-1-2-7(6)10/h7H,1-5,8H2/b9-6-. The molecule has 0 aromatic carbocycles. The van der Waals surface area contributed by atoms with Crippen molar-refractivity contribution in [2.24, 2.45) is 10.9 Å². The normalized spacial score (nSPS) is 37.2. The molecule has 0 saturated carbocycles. The van der Waals surface area contributed by atoms with Gasteiger partial charge in [0, 0.05) is 19.0 Å². The molecule has 2 fully saturated rings. The lowest BCUT2D eigenvalue weighted by atomic mass is 10.1. The highest BCUT2D eigenvalue weighted by Crippen LogP contribution is 2.25. The summed E-state index contributed by atoms with van der Waals surface area (Å²) in [6, 6.07) is 0.616. The van der Waals surface area contributed by atoms with Crippen molar-refractivity contribution in [3.8, 4) is 0 Å². The molecule has 10 heavy (non-hydrogen) atoms. The van der Waals surface area contributed by atoms with Crippen molar-refractivity contribution in [2.45, 2.75) is 25.3 Å². The van der Waals surface area contributed by atoms with Crippen LogP contribution in [0.15, 0.2) is 5.10 Å². The van der Waals surface area contributed by atoms with Crippen LogP contribution in [0, 0.1) is 0 Å². The fraction of sp³-hybridized carbons (Fsp3) is 0.857. The van der Waals surface area contributed by atoms with E-state index in [9.17, 15) is 0 Å². The van der Waals surface area contributed by atoms with Gasteiger partial charge in [0.15, 0.2) is 0 Å². The fourth-order valence-electron chi connectivity index (χ4n) is 2.05. The molecule has 3 nitrogen and oxygen atoms in total. The summed E-state index contributed by atoms with van der Waals surface area (Å²) in [4.78, 5) is 2.48. The largest absolute Gasteiger partial charge is 0.323 e. The molecule has 0 spiro atoms. The summed E-state index contributed by atoms with van der Waals surface area (Å²) in [5, 5.41) is 3.81. The van der Waals surface area contributed by atoms with Gasteiger partial charge < -0.3 is 5.84 Å². The molecule has 2 saturated heterocycles. The summed E-state index contributed by atoms with van der Waals surface area (Å²) >= 11 is 0. The molecule has 2 aliphatic heterocycles. The highest BCUT2D eigenvalue weighted by atomic mass is 15.2. The summed E-state index contributed by atoms with van der Waals surface area (Å²) in [5.41, 5.74) is 1.22. The average molecular weight is 139 g/mol. The Labute approximate surface area is 60.9 Å². The van der Waals surface area contributed by atoms with Crippen LogP contribution >= 0.6 is 0 Å². The monoisotopic (exact) mass is 139 g/mol. The Kier molecular flexibility index (Phi) is 1.38. The first-order valence-electron chi connectivity index (χ1n) is 3.92. The second-order valence-corrected chi connectivity index (χ2v) is 3.06. The van der Waals surface area contributed by atoms with Gasteiger partial charge in [-0.2, -0.15) is 5.10 Å². The smallest absolute Gasteiger partial charge is 0.0560 e. The molecule has 0 aromatic heterocycles. The molecule has 0 aromatic rings. The first kappa shape index (κ1) is 6.16. The number of hydrogen-bond acceptors (Lipinski definition) is 3. The summed E-state index contributed by atoms with van der Waals surface area (Å²) in [6.45, 7) is 2.43. The Morgan fingerprint density at radius 1 is 1.50 bits per heavy atom. The van der Waals surface area contributed by atoms with E-state index in [1.54, 1.807) is 0 Å². The van der Waals surface area contributed by atoms with Crippen molar-refractivity contribution in [2.75, 3.05) is 13.1 Å². The fourth-order valence-corrected chi connectivity index (χ4v) is 2.05. The molecular formula is C7H13N3. The molecule has 2 aliphatic rings. The predicted octanol–water partition coefficient (Wildman–Crippen LogP) is 0.169. The van der Waals surface area contributed by atoms with Crippen molar-refractivity contribution in [3.63, 3.8) is 0 Å². The minimum absolute atomic E-state index is 0.616. The second-order valence-electron chi connectivity index (χ2n) is 3.06. The molecule has 3 heteroatoms. The van der Waals surface area contributed by atoms with Crippen molar-refractivity contribution < 1.29 is 0 Å². The number of nitrogens with two attached hydrogens (primary N) is 1. The van der Waals surface area contributed by atoms with Crippen LogP contribution in [0.1, 0.15) is 19.3 Å². The quantitative estimate of drug-likeness (QED) is 0.384. The minimum atomic E-state index is 0.616. The van der Waals surface area contributed by atoms with Crippen molar-refractivity contribution >= 4 is 5.71 Å². The Balaban J connectivity index is 2.15. The van der Waals surface area contributed by atoms with Crippen LogP contribution in [0.2, 0.25) is 0 Å². The molecule has 1 unspecified atom stereocenters. The van der Waals surface area contributed by atoms with Gasteiger partial charge in [-0.05, 0) is 19.4 Å². The van der Waals surface area contributed by atoms with Crippen LogP contribution in [0.3, 0.4) is 0 Å². The van der Waals surface area contributed by atoms with Gasteiger partial charge in [-0.25, -0.2) is 0 Å². The van der Waals surface area contributed by atoms with E-state index in [1.165, 1.54) is 31.6 Å². The molecule has 0 bridgehead atoms. The Morgan fingerprint density at radius 2 is 2.40 bits per heavy atom. The molecule has 0 aliphatic carbocycles. The number of rotatable bonds is 0. The van der Waals surface area contributed by atoms with Gasteiger partial charge in [-0.1, -0.05) is 0 Å². The highest BCUT2D eigenvalue weighted by Gasteiger charge is 2.33. The molecule has 2 heterocycles. The van der Waals surface area contributed by atoms with E-state index in [1.807, 2.05) is 0 Å². The number of fused-ring (bicyclic) bond motifs is 1. The number of hydrogen-bond donors (Lipinski definition) is 1. The number of nitrogens with zero attached hydrogens (tertiary/aromatic N) is 2. The van der Waals surface area contributed by atoms with Gasteiger partial charge in [-0.3, -0.25) is 4.90 Å². The van der Waals surface area contributed by atoms with Crippen LogP contribution < -0.4 is 5.84 Å². The lowest BCUT2D eigenvalue weighted by molar-refractivity contribution is 0.346. The zero-order valence-corrected chi connectivity index (χ0v) is 6.08. The summed E-state index contributed by atoms with van der Waals surface area (Å²) in [6.07, 6.45) is 3.70. The van der Waals surface area contributed by atoms with Crippen LogP contribution in [0.4, 0.5) is 0 Å². The zero-order chi connectivity index (χ0) is 6.97. The molecule has 0 radical (unpaired) electrons. The third kappa shape index (κ3) is 0.736. The van der Waals surface area contributed by atoms with Crippen LogP contribution in [-0.4, -0.2) is 29.7 Å². The van der Waals surface area contributed by atoms with Crippen LogP contribution in [0.5, 0.6) is 0 Å². The van der Waals surface area contributed by atoms with Crippen molar-refractivity contribution in [1.29, 1.82) is 0 Å². The van der Waals surface area contributed by atoms with Gasteiger partial charge in [-0.15, -0.1) is 0 Å². The topological polar surface area (TPSA) is 41.6 Å². The molecule has 2 N–H and O–H groups in total. The minimum Gasteiger partial charge on any atom is -0.323 e. The lowest BCUT2D eigenvalue weighted by Gasteiger charge is -2.12. The summed E-state index contributed by atoms with van der Waals surface area (Å²) in [5.74, 6) is 5.25. The Bertz CT molecular complexity index is 164. The van der Waals surface area contributed by atoms with Crippen LogP contribution in [-0.2, 0) is 0 Å². The Morgan fingerprint density at radius 3 is 3.20 bits per heavy atom. The molecular weight excluding hydrogens is 126 g/mol. The zero-order valence-electron chi connectivity index (χ0n) is 6.08. The SMILES string of the molecule is N/N=C1/CCN2CCCC12. The van der Waals surface area contributed by atoms with Crippen molar-refractivity contribution in [1.82, 2.24) is 4.90 Å².